The number of benzene rings is 1. The lowest BCUT2D eigenvalue weighted by Crippen LogP contribution is -2.28. The zero-order valence-electron chi connectivity index (χ0n) is 11.2. The number of aliphatic hydroxyl groups excluding tert-OH is 1. The Kier molecular flexibility index (Phi) is 5.30. The molecular formula is C13H14F4O4. The fourth-order valence-corrected chi connectivity index (χ4v) is 1.54. The Balaban J connectivity index is 3.20. The predicted octanol–water partition coefficient (Wildman–Crippen LogP) is 2.76. The molecule has 0 fully saturated rings. The van der Waals surface area contributed by atoms with Crippen LogP contribution in [0.5, 0.6) is 0 Å². The third-order valence-electron chi connectivity index (χ3n) is 2.80. The first-order valence-electron chi connectivity index (χ1n) is 5.96. The maximum atomic E-state index is 13.3. The van der Waals surface area contributed by atoms with Crippen LogP contribution in [0.2, 0.25) is 0 Å². The van der Waals surface area contributed by atoms with E-state index < -0.39 is 47.4 Å². The molecule has 2 N–H and O–H groups in total. The van der Waals surface area contributed by atoms with Crippen LogP contribution in [0, 0.1) is 5.82 Å². The molecule has 0 heterocycles. The summed E-state index contributed by atoms with van der Waals surface area (Å²) < 4.78 is 56.1. The summed E-state index contributed by atoms with van der Waals surface area (Å²) in [5.41, 5.74) is -1.79. The molecule has 8 heteroatoms. The van der Waals surface area contributed by atoms with E-state index in [1.807, 2.05) is 0 Å². The van der Waals surface area contributed by atoms with Gasteiger partial charge in [0.05, 0.1) is 17.8 Å². The van der Waals surface area contributed by atoms with Gasteiger partial charge in [0.25, 0.3) is 0 Å². The summed E-state index contributed by atoms with van der Waals surface area (Å²) in [5, 5.41) is 18.3. The van der Waals surface area contributed by atoms with Crippen molar-refractivity contribution in [2.24, 2.45) is 0 Å². The Morgan fingerprint density at radius 2 is 1.81 bits per heavy atom. The lowest BCUT2D eigenvalue weighted by molar-refractivity contribution is -0.158. The van der Waals surface area contributed by atoms with E-state index in [2.05, 4.69) is 0 Å². The lowest BCUT2D eigenvalue weighted by Gasteiger charge is -2.22. The lowest BCUT2D eigenvalue weighted by atomic mass is 10.0. The van der Waals surface area contributed by atoms with E-state index >= 15 is 0 Å². The summed E-state index contributed by atoms with van der Waals surface area (Å²) in [6.07, 6.45) is -8.62. The van der Waals surface area contributed by atoms with Crippen molar-refractivity contribution in [2.75, 3.05) is 0 Å². The number of aliphatic hydroxyl groups is 1. The van der Waals surface area contributed by atoms with Crippen molar-refractivity contribution < 1.29 is 37.3 Å². The highest BCUT2D eigenvalue weighted by molar-refractivity contribution is 5.74. The number of aliphatic carboxylic acids is 1. The van der Waals surface area contributed by atoms with Crippen molar-refractivity contribution in [3.05, 3.63) is 35.1 Å². The van der Waals surface area contributed by atoms with Gasteiger partial charge < -0.3 is 14.9 Å². The number of alkyl halides is 3. The number of hydrogen-bond acceptors (Lipinski definition) is 3. The molecule has 1 aromatic carbocycles. The molecule has 0 saturated carbocycles. The van der Waals surface area contributed by atoms with Gasteiger partial charge in [0.2, 0.25) is 0 Å². The number of halogens is 4. The molecule has 0 aliphatic heterocycles. The van der Waals surface area contributed by atoms with Crippen LogP contribution in [0.1, 0.15) is 31.1 Å². The quantitative estimate of drug-likeness (QED) is 0.821. The number of carbonyl (C=O) groups is 1. The fourth-order valence-electron chi connectivity index (χ4n) is 1.54. The average molecular weight is 310 g/mol. The van der Waals surface area contributed by atoms with E-state index in [0.29, 0.717) is 12.1 Å². The molecule has 0 bridgehead atoms. The molecule has 4 nitrogen and oxygen atoms in total. The second kappa shape index (κ2) is 6.40. The third-order valence-corrected chi connectivity index (χ3v) is 2.80. The van der Waals surface area contributed by atoms with Gasteiger partial charge in [-0.1, -0.05) is 0 Å². The Labute approximate surface area is 118 Å². The summed E-state index contributed by atoms with van der Waals surface area (Å²) in [6.45, 7) is 2.68. The molecule has 3 unspecified atom stereocenters. The van der Waals surface area contributed by atoms with Gasteiger partial charge in [0, 0.05) is 0 Å². The summed E-state index contributed by atoms with van der Waals surface area (Å²) >= 11 is 0. The molecule has 0 amide bonds. The maximum absolute atomic E-state index is 13.3. The SMILES string of the molecule is CC(O)C(C)OC(C(=O)O)c1cc(F)cc(C(F)(F)F)c1. The Hall–Kier alpha value is -1.67. The van der Waals surface area contributed by atoms with E-state index in [4.69, 9.17) is 9.84 Å². The van der Waals surface area contributed by atoms with Crippen molar-refractivity contribution in [2.45, 2.75) is 38.3 Å². The minimum Gasteiger partial charge on any atom is -0.479 e. The Morgan fingerprint density at radius 1 is 1.24 bits per heavy atom. The van der Waals surface area contributed by atoms with Gasteiger partial charge in [-0.25, -0.2) is 9.18 Å². The largest absolute Gasteiger partial charge is 0.479 e. The first kappa shape index (κ1) is 17.4. The highest BCUT2D eigenvalue weighted by atomic mass is 19.4. The van der Waals surface area contributed by atoms with Crippen LogP contribution < -0.4 is 0 Å². The molecule has 0 spiro atoms. The van der Waals surface area contributed by atoms with E-state index in [1.54, 1.807) is 0 Å². The molecule has 0 radical (unpaired) electrons. The van der Waals surface area contributed by atoms with Gasteiger partial charge in [-0.15, -0.1) is 0 Å². The van der Waals surface area contributed by atoms with Crippen LogP contribution in [0.3, 0.4) is 0 Å². The second-order valence-electron chi connectivity index (χ2n) is 4.57. The first-order chi connectivity index (χ1) is 9.52. The van der Waals surface area contributed by atoms with E-state index in [1.165, 1.54) is 13.8 Å². The number of ether oxygens (including phenoxy) is 1. The molecule has 0 aliphatic carbocycles. The highest BCUT2D eigenvalue weighted by Gasteiger charge is 2.33. The monoisotopic (exact) mass is 310 g/mol. The predicted molar refractivity (Wildman–Crippen MR) is 64.0 cm³/mol. The Bertz CT molecular complexity index is 513. The number of rotatable bonds is 5. The molecule has 0 saturated heterocycles. The van der Waals surface area contributed by atoms with Crippen LogP contribution in [0.25, 0.3) is 0 Å². The van der Waals surface area contributed by atoms with Crippen LogP contribution in [0.4, 0.5) is 17.6 Å². The van der Waals surface area contributed by atoms with Gasteiger partial charge >= 0.3 is 12.1 Å². The summed E-state index contributed by atoms with van der Waals surface area (Å²) in [6, 6.07) is 1.43. The van der Waals surface area contributed by atoms with Crippen LogP contribution in [-0.4, -0.2) is 28.4 Å². The van der Waals surface area contributed by atoms with Crippen molar-refractivity contribution in [1.29, 1.82) is 0 Å². The normalized spacial score (nSPS) is 16.3. The van der Waals surface area contributed by atoms with Crippen molar-refractivity contribution in [1.82, 2.24) is 0 Å². The zero-order chi connectivity index (χ0) is 16.4. The molecule has 1 aromatic rings. The van der Waals surface area contributed by atoms with E-state index in [0.717, 1.165) is 0 Å². The van der Waals surface area contributed by atoms with Gasteiger partial charge in [0.15, 0.2) is 6.10 Å². The average Bonchev–Trinajstić information content (AvgIpc) is 2.33. The van der Waals surface area contributed by atoms with Gasteiger partial charge in [-0.3, -0.25) is 0 Å². The summed E-state index contributed by atoms with van der Waals surface area (Å²) in [4.78, 5) is 11.1. The van der Waals surface area contributed by atoms with Gasteiger partial charge in [0.1, 0.15) is 5.82 Å². The minimum absolute atomic E-state index is 0.264. The summed E-state index contributed by atoms with van der Waals surface area (Å²) in [7, 11) is 0. The maximum Gasteiger partial charge on any atom is 0.416 e. The smallest absolute Gasteiger partial charge is 0.416 e. The zero-order valence-corrected chi connectivity index (χ0v) is 11.2. The second-order valence-corrected chi connectivity index (χ2v) is 4.57. The van der Waals surface area contributed by atoms with E-state index in [9.17, 15) is 27.5 Å². The number of carboxylic acid groups (broad SMARTS) is 1. The fraction of sp³-hybridized carbons (Fsp3) is 0.462. The Morgan fingerprint density at radius 3 is 2.24 bits per heavy atom. The molecule has 3 atom stereocenters. The molecular weight excluding hydrogens is 296 g/mol. The number of hydrogen-bond donors (Lipinski definition) is 2. The van der Waals surface area contributed by atoms with Gasteiger partial charge in [-0.2, -0.15) is 13.2 Å². The molecule has 118 valence electrons. The minimum atomic E-state index is -4.81. The van der Waals surface area contributed by atoms with Crippen LogP contribution >= 0.6 is 0 Å². The van der Waals surface area contributed by atoms with Crippen molar-refractivity contribution >= 4 is 5.97 Å². The topological polar surface area (TPSA) is 66.8 Å². The van der Waals surface area contributed by atoms with Crippen LogP contribution in [-0.2, 0) is 15.7 Å². The third kappa shape index (κ3) is 4.68. The summed E-state index contributed by atoms with van der Waals surface area (Å²) in [5.74, 6) is -2.81. The number of carboxylic acids is 1. The molecule has 1 rings (SSSR count). The van der Waals surface area contributed by atoms with Crippen molar-refractivity contribution in [3.8, 4) is 0 Å². The molecule has 21 heavy (non-hydrogen) atoms. The van der Waals surface area contributed by atoms with Crippen LogP contribution in [0.15, 0.2) is 18.2 Å². The van der Waals surface area contributed by atoms with Gasteiger partial charge in [-0.05, 0) is 37.6 Å². The highest BCUT2D eigenvalue weighted by Crippen LogP contribution is 2.32. The molecule has 0 aliphatic rings. The van der Waals surface area contributed by atoms with E-state index in [-0.39, 0.29) is 6.07 Å². The molecule has 0 aromatic heterocycles. The standard InChI is InChI=1S/C13H14F4O4/c1-6(18)7(2)21-11(12(19)20)8-3-9(13(15,16)17)5-10(14)4-8/h3-7,11,18H,1-2H3,(H,19,20). The van der Waals surface area contributed by atoms with Crippen molar-refractivity contribution in [3.63, 3.8) is 0 Å². The first-order valence-corrected chi connectivity index (χ1v) is 5.96.